The van der Waals surface area contributed by atoms with Gasteiger partial charge in [0, 0.05) is 6.20 Å². The van der Waals surface area contributed by atoms with Crippen LogP contribution in [0.15, 0.2) is 47.6 Å². The Kier molecular flexibility index (Phi) is 4.31. The molecule has 18 heavy (non-hydrogen) atoms. The Morgan fingerprint density at radius 2 is 2.00 bits per heavy atom. The molecule has 0 spiro atoms. The third-order valence-electron chi connectivity index (χ3n) is 2.24. The molecule has 0 aliphatic rings. The quantitative estimate of drug-likeness (QED) is 0.361. The standard InChI is InChI=1S/C13H10N2O2S/c1-14-12-8-11(10-6-4-3-5-7-10)9-15-13(12)18-17-16-2/h3-9H,2H3. The van der Waals surface area contributed by atoms with E-state index in [9.17, 15) is 0 Å². The third kappa shape index (κ3) is 2.87. The van der Waals surface area contributed by atoms with E-state index in [4.69, 9.17) is 10.9 Å². The smallest absolute Gasteiger partial charge is 0.221 e. The maximum atomic E-state index is 7.15. The second-order valence-corrected chi connectivity index (χ2v) is 4.03. The molecule has 5 heteroatoms. The van der Waals surface area contributed by atoms with Crippen molar-refractivity contribution >= 4 is 17.7 Å². The molecule has 1 heterocycles. The monoisotopic (exact) mass is 258 g/mol. The van der Waals surface area contributed by atoms with Gasteiger partial charge in [-0.2, -0.15) is 4.33 Å². The summed E-state index contributed by atoms with van der Waals surface area (Å²) < 4.78 is 4.72. The Bertz CT molecular complexity index is 567. The van der Waals surface area contributed by atoms with Gasteiger partial charge in [0.2, 0.25) is 5.69 Å². The van der Waals surface area contributed by atoms with Crippen molar-refractivity contribution in [2.45, 2.75) is 5.03 Å². The Labute approximate surface area is 110 Å². The summed E-state index contributed by atoms with van der Waals surface area (Å²) in [5.41, 5.74) is 2.38. The van der Waals surface area contributed by atoms with Gasteiger partial charge in [-0.3, -0.25) is 4.98 Å². The molecule has 0 amide bonds. The van der Waals surface area contributed by atoms with Crippen LogP contribution in [0, 0.1) is 6.57 Å². The first-order valence-corrected chi connectivity index (χ1v) is 5.89. The van der Waals surface area contributed by atoms with E-state index < -0.39 is 0 Å². The summed E-state index contributed by atoms with van der Waals surface area (Å²) in [6, 6.07) is 11.6. The minimum absolute atomic E-state index is 0.443. The highest BCUT2D eigenvalue weighted by Gasteiger charge is 2.08. The third-order valence-corrected chi connectivity index (χ3v) is 2.92. The Balaban J connectivity index is 2.34. The lowest BCUT2D eigenvalue weighted by Crippen LogP contribution is -1.85. The molecule has 0 unspecified atom stereocenters. The molecular weight excluding hydrogens is 248 g/mol. The number of benzene rings is 1. The first-order chi connectivity index (χ1) is 8.85. The van der Waals surface area contributed by atoms with Crippen molar-refractivity contribution in [1.82, 2.24) is 4.98 Å². The minimum Gasteiger partial charge on any atom is -0.259 e. The molecule has 0 fully saturated rings. The average Bonchev–Trinajstić information content (AvgIpc) is 2.46. The molecule has 0 aliphatic heterocycles. The molecule has 0 N–H and O–H groups in total. The summed E-state index contributed by atoms with van der Waals surface area (Å²) in [5.74, 6) is 0. The molecule has 1 aromatic heterocycles. The molecule has 0 atom stereocenters. The summed E-state index contributed by atoms with van der Waals surface area (Å²) in [6.07, 6.45) is 1.71. The molecule has 2 aromatic rings. The zero-order valence-electron chi connectivity index (χ0n) is 9.66. The summed E-state index contributed by atoms with van der Waals surface area (Å²) >= 11 is 0.928. The Morgan fingerprint density at radius 1 is 1.22 bits per heavy atom. The summed E-state index contributed by atoms with van der Waals surface area (Å²) in [6.45, 7) is 7.15. The number of aromatic nitrogens is 1. The molecule has 0 aliphatic carbocycles. The van der Waals surface area contributed by atoms with Crippen LogP contribution in [0.2, 0.25) is 0 Å². The van der Waals surface area contributed by atoms with Crippen molar-refractivity contribution in [2.75, 3.05) is 7.11 Å². The van der Waals surface area contributed by atoms with Crippen LogP contribution in [-0.4, -0.2) is 12.1 Å². The van der Waals surface area contributed by atoms with Crippen LogP contribution in [-0.2, 0) is 9.22 Å². The van der Waals surface area contributed by atoms with Gasteiger partial charge < -0.3 is 0 Å². The van der Waals surface area contributed by atoms with E-state index in [1.54, 1.807) is 12.3 Å². The number of pyridine rings is 1. The van der Waals surface area contributed by atoms with Crippen LogP contribution in [0.5, 0.6) is 0 Å². The predicted octanol–water partition coefficient (Wildman–Crippen LogP) is 3.88. The van der Waals surface area contributed by atoms with E-state index in [0.717, 1.165) is 23.2 Å². The van der Waals surface area contributed by atoms with Crippen LogP contribution in [0.4, 0.5) is 5.69 Å². The second-order valence-electron chi connectivity index (χ2n) is 3.34. The van der Waals surface area contributed by atoms with Gasteiger partial charge in [0.25, 0.3) is 0 Å². The lowest BCUT2D eigenvalue weighted by atomic mass is 10.1. The lowest BCUT2D eigenvalue weighted by Gasteiger charge is -2.05. The summed E-state index contributed by atoms with van der Waals surface area (Å²) in [5, 5.41) is 0.492. The number of rotatable bonds is 4. The van der Waals surface area contributed by atoms with Crippen molar-refractivity contribution in [2.24, 2.45) is 0 Å². The van der Waals surface area contributed by atoms with Gasteiger partial charge >= 0.3 is 0 Å². The normalized spacial score (nSPS) is 10.0. The van der Waals surface area contributed by atoms with Crippen LogP contribution in [0.3, 0.4) is 0 Å². The second kappa shape index (κ2) is 6.17. The lowest BCUT2D eigenvalue weighted by molar-refractivity contribution is -0.160. The van der Waals surface area contributed by atoms with Gasteiger partial charge in [-0.1, -0.05) is 30.3 Å². The van der Waals surface area contributed by atoms with Gasteiger partial charge in [-0.05, 0) is 17.2 Å². The topological polar surface area (TPSA) is 35.7 Å². The van der Waals surface area contributed by atoms with Crippen molar-refractivity contribution in [3.63, 3.8) is 0 Å². The number of hydrogen-bond donors (Lipinski definition) is 0. The first kappa shape index (κ1) is 12.6. The van der Waals surface area contributed by atoms with Crippen molar-refractivity contribution in [3.8, 4) is 11.1 Å². The highest BCUT2D eigenvalue weighted by molar-refractivity contribution is 7.94. The van der Waals surface area contributed by atoms with Crippen LogP contribution >= 0.6 is 12.0 Å². The van der Waals surface area contributed by atoms with Crippen molar-refractivity contribution in [3.05, 3.63) is 54.0 Å². The van der Waals surface area contributed by atoms with Gasteiger partial charge in [0.15, 0.2) is 0 Å². The van der Waals surface area contributed by atoms with E-state index >= 15 is 0 Å². The zero-order chi connectivity index (χ0) is 12.8. The molecule has 0 saturated heterocycles. The van der Waals surface area contributed by atoms with E-state index in [0.29, 0.717) is 10.7 Å². The highest BCUT2D eigenvalue weighted by Crippen LogP contribution is 2.32. The van der Waals surface area contributed by atoms with Crippen molar-refractivity contribution in [1.29, 1.82) is 0 Å². The summed E-state index contributed by atoms with van der Waals surface area (Å²) in [4.78, 5) is 12.1. The summed E-state index contributed by atoms with van der Waals surface area (Å²) in [7, 11) is 1.41. The molecule has 1 aromatic carbocycles. The van der Waals surface area contributed by atoms with Crippen LogP contribution in [0.25, 0.3) is 16.0 Å². The average molecular weight is 258 g/mol. The molecule has 90 valence electrons. The molecule has 0 radical (unpaired) electrons. The highest BCUT2D eigenvalue weighted by atomic mass is 32.2. The van der Waals surface area contributed by atoms with Gasteiger partial charge in [-0.25, -0.2) is 9.73 Å². The van der Waals surface area contributed by atoms with Crippen LogP contribution in [0.1, 0.15) is 0 Å². The molecular formula is C13H10N2O2S. The molecule has 4 nitrogen and oxygen atoms in total. The minimum atomic E-state index is 0.443. The van der Waals surface area contributed by atoms with Gasteiger partial charge in [-0.15, -0.1) is 0 Å². The molecule has 0 bridgehead atoms. The SMILES string of the molecule is [C-]#[N+]c1cc(-c2ccccc2)cnc1SOOC. The van der Waals surface area contributed by atoms with Gasteiger partial charge in [0.1, 0.15) is 5.03 Å². The largest absolute Gasteiger partial charge is 0.259 e. The number of hydrogen-bond acceptors (Lipinski definition) is 4. The van der Waals surface area contributed by atoms with E-state index in [1.807, 2.05) is 30.3 Å². The molecule has 2 rings (SSSR count). The fraction of sp³-hybridized carbons (Fsp3) is 0.0769. The molecule has 0 saturated carbocycles. The maximum Gasteiger partial charge on any atom is 0.221 e. The zero-order valence-corrected chi connectivity index (χ0v) is 10.5. The van der Waals surface area contributed by atoms with Crippen molar-refractivity contribution < 1.29 is 9.22 Å². The van der Waals surface area contributed by atoms with E-state index in [-0.39, 0.29) is 0 Å². The first-order valence-electron chi connectivity index (χ1n) is 5.15. The number of nitrogens with zero attached hydrogens (tertiary/aromatic N) is 2. The fourth-order valence-corrected chi connectivity index (χ4v) is 1.86. The fourth-order valence-electron chi connectivity index (χ4n) is 1.44. The maximum absolute atomic E-state index is 7.15. The van der Waals surface area contributed by atoms with Crippen LogP contribution < -0.4 is 0 Å². The van der Waals surface area contributed by atoms with E-state index in [2.05, 4.69) is 14.7 Å². The Morgan fingerprint density at radius 3 is 2.67 bits per heavy atom. The van der Waals surface area contributed by atoms with Gasteiger partial charge in [0.05, 0.1) is 25.7 Å². The Hall–Kier alpha value is -1.87. The predicted molar refractivity (Wildman–Crippen MR) is 69.9 cm³/mol. The van der Waals surface area contributed by atoms with E-state index in [1.165, 1.54) is 7.11 Å².